The number of halogens is 1. The lowest BCUT2D eigenvalue weighted by Gasteiger charge is -2.09. The summed E-state index contributed by atoms with van der Waals surface area (Å²) in [5, 5.41) is 4.44. The second-order valence-electron chi connectivity index (χ2n) is 6.79. The first-order valence-electron chi connectivity index (χ1n) is 9.31. The molecular formula is C25H17ClN2O. The summed E-state index contributed by atoms with van der Waals surface area (Å²) in [5.74, 6) is 1.37. The van der Waals surface area contributed by atoms with Crippen molar-refractivity contribution in [1.82, 2.24) is 0 Å². The second-order valence-corrected chi connectivity index (χ2v) is 7.03. The Labute approximate surface area is 173 Å². The SMILES string of the molecule is C=N/C(=C1/Oc2c(ccc3ccccc23)/C1=N/CCl)c1ccc2ccccc2c1. The molecular weight excluding hydrogens is 380 g/mol. The van der Waals surface area contributed by atoms with Crippen LogP contribution < -0.4 is 4.74 Å². The van der Waals surface area contributed by atoms with E-state index in [1.54, 1.807) is 0 Å². The number of hydrogen-bond donors (Lipinski definition) is 0. The second kappa shape index (κ2) is 7.19. The Balaban J connectivity index is 1.75. The van der Waals surface area contributed by atoms with Crippen LogP contribution in [0.25, 0.3) is 27.2 Å². The molecule has 0 radical (unpaired) electrons. The Morgan fingerprint density at radius 3 is 2.38 bits per heavy atom. The van der Waals surface area contributed by atoms with Gasteiger partial charge in [0.1, 0.15) is 23.2 Å². The maximum Gasteiger partial charge on any atom is 0.179 e. The molecule has 0 atom stereocenters. The minimum Gasteiger partial charge on any atom is -0.451 e. The van der Waals surface area contributed by atoms with Crippen molar-refractivity contribution < 1.29 is 4.74 Å². The van der Waals surface area contributed by atoms with Crippen LogP contribution in [0.3, 0.4) is 0 Å². The van der Waals surface area contributed by atoms with Crippen molar-refractivity contribution in [2.75, 3.05) is 6.00 Å². The summed E-state index contributed by atoms with van der Waals surface area (Å²) < 4.78 is 6.36. The van der Waals surface area contributed by atoms with Crippen LogP contribution in [-0.4, -0.2) is 18.4 Å². The van der Waals surface area contributed by atoms with E-state index in [-0.39, 0.29) is 6.00 Å². The molecule has 0 N–H and O–H groups in total. The summed E-state index contributed by atoms with van der Waals surface area (Å²) in [6, 6.07) is 26.8. The van der Waals surface area contributed by atoms with E-state index < -0.39 is 0 Å². The van der Waals surface area contributed by atoms with Gasteiger partial charge >= 0.3 is 0 Å². The summed E-state index contributed by atoms with van der Waals surface area (Å²) in [4.78, 5) is 8.84. The normalized spacial score (nSPS) is 16.1. The van der Waals surface area contributed by atoms with Gasteiger partial charge in [0.25, 0.3) is 0 Å². The molecule has 140 valence electrons. The zero-order chi connectivity index (χ0) is 19.8. The highest BCUT2D eigenvalue weighted by Crippen LogP contribution is 2.41. The van der Waals surface area contributed by atoms with Gasteiger partial charge in [-0.15, -0.1) is 11.6 Å². The van der Waals surface area contributed by atoms with Gasteiger partial charge in [0.2, 0.25) is 0 Å². The van der Waals surface area contributed by atoms with Crippen molar-refractivity contribution in [3.63, 3.8) is 0 Å². The van der Waals surface area contributed by atoms with Crippen LogP contribution in [0.15, 0.2) is 94.6 Å². The first-order chi connectivity index (χ1) is 14.3. The highest BCUT2D eigenvalue weighted by Gasteiger charge is 2.30. The molecule has 1 aliphatic rings. The third-order valence-electron chi connectivity index (χ3n) is 5.17. The van der Waals surface area contributed by atoms with E-state index in [1.165, 1.54) is 5.39 Å². The lowest BCUT2D eigenvalue weighted by Crippen LogP contribution is -2.04. The van der Waals surface area contributed by atoms with Crippen LogP contribution in [0.5, 0.6) is 5.75 Å². The fraction of sp³-hybridized carbons (Fsp3) is 0.0400. The molecule has 0 spiro atoms. The molecule has 0 saturated carbocycles. The smallest absolute Gasteiger partial charge is 0.179 e. The predicted octanol–water partition coefficient (Wildman–Crippen LogP) is 6.44. The van der Waals surface area contributed by atoms with Gasteiger partial charge in [-0.3, -0.25) is 9.98 Å². The third-order valence-corrected chi connectivity index (χ3v) is 5.29. The van der Waals surface area contributed by atoms with Gasteiger partial charge in [0.15, 0.2) is 5.76 Å². The Bertz CT molecular complexity index is 1340. The average Bonchev–Trinajstić information content (AvgIpc) is 3.13. The van der Waals surface area contributed by atoms with Crippen LogP contribution >= 0.6 is 11.6 Å². The number of allylic oxidation sites excluding steroid dienone is 1. The topological polar surface area (TPSA) is 34.0 Å². The molecule has 0 bridgehead atoms. The highest BCUT2D eigenvalue weighted by atomic mass is 35.5. The van der Waals surface area contributed by atoms with Gasteiger partial charge in [-0.2, -0.15) is 0 Å². The van der Waals surface area contributed by atoms with E-state index in [1.807, 2.05) is 42.5 Å². The maximum absolute atomic E-state index is 6.36. The van der Waals surface area contributed by atoms with Crippen LogP contribution in [0.1, 0.15) is 11.1 Å². The fourth-order valence-electron chi connectivity index (χ4n) is 3.82. The molecule has 4 heteroatoms. The maximum atomic E-state index is 6.36. The number of fused-ring (bicyclic) bond motifs is 4. The van der Waals surface area contributed by atoms with Crippen molar-refractivity contribution in [3.05, 3.63) is 95.7 Å². The van der Waals surface area contributed by atoms with Crippen LogP contribution in [-0.2, 0) is 0 Å². The number of hydrogen-bond acceptors (Lipinski definition) is 3. The minimum atomic E-state index is 0.136. The van der Waals surface area contributed by atoms with Gasteiger partial charge in [0.05, 0.1) is 0 Å². The Hall–Kier alpha value is -3.43. The average molecular weight is 397 g/mol. The molecule has 0 amide bonds. The van der Waals surface area contributed by atoms with Crippen LogP contribution in [0.2, 0.25) is 0 Å². The third kappa shape index (κ3) is 2.91. The monoisotopic (exact) mass is 396 g/mol. The van der Waals surface area contributed by atoms with E-state index in [9.17, 15) is 0 Å². The zero-order valence-corrected chi connectivity index (χ0v) is 16.4. The van der Waals surface area contributed by atoms with Crippen LogP contribution in [0.4, 0.5) is 0 Å². The quantitative estimate of drug-likeness (QED) is 0.223. The van der Waals surface area contributed by atoms with Gasteiger partial charge < -0.3 is 4.74 Å². The van der Waals surface area contributed by atoms with Crippen LogP contribution in [0, 0.1) is 0 Å². The summed E-state index contributed by atoms with van der Waals surface area (Å²) in [5.41, 5.74) is 3.20. The van der Waals surface area contributed by atoms with E-state index in [0.717, 1.165) is 33.0 Å². The zero-order valence-electron chi connectivity index (χ0n) is 15.6. The molecule has 1 aliphatic heterocycles. The van der Waals surface area contributed by atoms with E-state index >= 15 is 0 Å². The van der Waals surface area contributed by atoms with Crippen molar-refractivity contribution in [2.45, 2.75) is 0 Å². The highest BCUT2D eigenvalue weighted by molar-refractivity contribution is 6.24. The standard InChI is InChI=1S/C25H17ClN2O/c1-27-22(19-11-10-16-6-2-3-8-18(16)14-19)25-23(28-15-26)21-13-12-17-7-4-5-9-20(17)24(21)29-25/h2-14H,1,15H2/b25-22+,28-23-. The number of alkyl halides is 1. The van der Waals surface area contributed by atoms with Gasteiger partial charge in [-0.05, 0) is 35.0 Å². The molecule has 4 aromatic rings. The van der Waals surface area contributed by atoms with Crippen molar-refractivity contribution >= 4 is 51.3 Å². The summed E-state index contributed by atoms with van der Waals surface area (Å²) >= 11 is 5.99. The number of nitrogens with zero attached hydrogens (tertiary/aromatic N) is 2. The number of rotatable bonds is 3. The molecule has 0 fully saturated rings. The largest absolute Gasteiger partial charge is 0.451 e. The Kier molecular flexibility index (Phi) is 4.38. The van der Waals surface area contributed by atoms with Gasteiger partial charge in [-0.1, -0.05) is 66.7 Å². The predicted molar refractivity (Wildman–Crippen MR) is 122 cm³/mol. The van der Waals surface area contributed by atoms with Gasteiger partial charge in [-0.25, -0.2) is 0 Å². The molecule has 0 saturated heterocycles. The number of benzene rings is 4. The Morgan fingerprint density at radius 2 is 1.59 bits per heavy atom. The van der Waals surface area contributed by atoms with Crippen molar-refractivity contribution in [2.24, 2.45) is 9.98 Å². The molecule has 29 heavy (non-hydrogen) atoms. The molecule has 1 heterocycles. The minimum absolute atomic E-state index is 0.136. The lowest BCUT2D eigenvalue weighted by molar-refractivity contribution is 0.475. The summed E-state index contributed by atoms with van der Waals surface area (Å²) in [7, 11) is 0. The lowest BCUT2D eigenvalue weighted by atomic mass is 10.0. The van der Waals surface area contributed by atoms with E-state index in [4.69, 9.17) is 16.3 Å². The van der Waals surface area contributed by atoms with Gasteiger partial charge in [0, 0.05) is 16.5 Å². The molecule has 4 aromatic carbocycles. The van der Waals surface area contributed by atoms with E-state index in [0.29, 0.717) is 17.2 Å². The number of aliphatic imine (C=N–C) groups is 2. The Morgan fingerprint density at radius 1 is 0.862 bits per heavy atom. The molecule has 0 aromatic heterocycles. The van der Waals surface area contributed by atoms with Crippen molar-refractivity contribution in [1.29, 1.82) is 0 Å². The number of ether oxygens (including phenoxy) is 1. The van der Waals surface area contributed by atoms with Crippen molar-refractivity contribution in [3.8, 4) is 5.75 Å². The van der Waals surface area contributed by atoms with E-state index in [2.05, 4.69) is 53.1 Å². The summed E-state index contributed by atoms with van der Waals surface area (Å²) in [6.07, 6.45) is 0. The molecule has 0 unspecified atom stereocenters. The first kappa shape index (κ1) is 17.7. The summed E-state index contributed by atoms with van der Waals surface area (Å²) in [6.45, 7) is 3.81. The molecule has 0 aliphatic carbocycles. The molecule has 3 nitrogen and oxygen atoms in total. The molecule has 5 rings (SSSR count). The fourth-order valence-corrected chi connectivity index (χ4v) is 3.94. The first-order valence-corrected chi connectivity index (χ1v) is 9.84.